The highest BCUT2D eigenvalue weighted by Gasteiger charge is 2.11. The molecule has 0 radical (unpaired) electrons. The van der Waals surface area contributed by atoms with E-state index in [1.54, 1.807) is 13.8 Å². The molecular formula is C11H15F2NO. The highest BCUT2D eigenvalue weighted by atomic mass is 19.1. The fourth-order valence-corrected chi connectivity index (χ4v) is 1.18. The normalized spacial score (nSPS) is 12.6. The molecule has 2 N–H and O–H groups in total. The number of aryl methyl sites for hydroxylation is 1. The van der Waals surface area contributed by atoms with Crippen LogP contribution in [0.5, 0.6) is 0 Å². The largest absolute Gasteiger partial charge is 0.391 e. The summed E-state index contributed by atoms with van der Waals surface area (Å²) in [6.45, 7) is 3.51. The molecule has 1 unspecified atom stereocenters. The Hall–Kier alpha value is -1.16. The lowest BCUT2D eigenvalue weighted by atomic mass is 10.2. The van der Waals surface area contributed by atoms with Crippen LogP contribution in [0.4, 0.5) is 14.5 Å². The van der Waals surface area contributed by atoms with E-state index in [2.05, 4.69) is 5.32 Å². The predicted molar refractivity (Wildman–Crippen MR) is 55.9 cm³/mol. The van der Waals surface area contributed by atoms with Crippen molar-refractivity contribution in [2.75, 3.05) is 11.9 Å². The Kier molecular flexibility index (Phi) is 4.03. The number of anilines is 1. The van der Waals surface area contributed by atoms with E-state index in [-0.39, 0.29) is 12.2 Å². The Morgan fingerprint density at radius 3 is 2.67 bits per heavy atom. The molecule has 0 aliphatic heterocycles. The molecule has 0 spiro atoms. The lowest BCUT2D eigenvalue weighted by Crippen LogP contribution is -2.19. The van der Waals surface area contributed by atoms with Crippen molar-refractivity contribution in [2.24, 2.45) is 0 Å². The van der Waals surface area contributed by atoms with Gasteiger partial charge in [-0.25, -0.2) is 8.78 Å². The van der Waals surface area contributed by atoms with Crippen molar-refractivity contribution in [3.05, 3.63) is 29.3 Å². The van der Waals surface area contributed by atoms with Gasteiger partial charge in [0.15, 0.2) is 5.82 Å². The number of aliphatic hydroxyl groups excluding tert-OH is 1. The zero-order valence-corrected chi connectivity index (χ0v) is 8.85. The fourth-order valence-electron chi connectivity index (χ4n) is 1.18. The number of benzene rings is 1. The molecule has 1 rings (SSSR count). The minimum atomic E-state index is -0.638. The molecule has 15 heavy (non-hydrogen) atoms. The van der Waals surface area contributed by atoms with Gasteiger partial charge in [-0.2, -0.15) is 0 Å². The van der Waals surface area contributed by atoms with E-state index >= 15 is 0 Å². The zero-order valence-electron chi connectivity index (χ0n) is 8.85. The third-order valence-electron chi connectivity index (χ3n) is 2.27. The first-order chi connectivity index (χ1) is 7.06. The Morgan fingerprint density at radius 1 is 1.40 bits per heavy atom. The SMILES string of the molecule is CCC(O)CNc1c(F)ccc(C)c1F. The number of nitrogens with one attached hydrogen (secondary N) is 1. The number of aliphatic hydroxyl groups is 1. The molecule has 0 amide bonds. The lowest BCUT2D eigenvalue weighted by molar-refractivity contribution is 0.183. The molecule has 0 fully saturated rings. The number of halogens is 2. The molecule has 1 aromatic rings. The first kappa shape index (κ1) is 11.9. The second-order valence-electron chi connectivity index (χ2n) is 3.50. The summed E-state index contributed by atoms with van der Waals surface area (Å²) in [7, 11) is 0. The smallest absolute Gasteiger partial charge is 0.152 e. The number of rotatable bonds is 4. The second-order valence-corrected chi connectivity index (χ2v) is 3.50. The quantitative estimate of drug-likeness (QED) is 0.808. The van der Waals surface area contributed by atoms with Crippen LogP contribution < -0.4 is 5.32 Å². The zero-order chi connectivity index (χ0) is 11.4. The monoisotopic (exact) mass is 215 g/mol. The van der Waals surface area contributed by atoms with E-state index in [0.29, 0.717) is 12.0 Å². The molecule has 1 atom stereocenters. The average Bonchev–Trinajstić information content (AvgIpc) is 2.23. The molecule has 84 valence electrons. The summed E-state index contributed by atoms with van der Waals surface area (Å²) >= 11 is 0. The van der Waals surface area contributed by atoms with Crippen molar-refractivity contribution in [3.63, 3.8) is 0 Å². The molecule has 0 saturated heterocycles. The van der Waals surface area contributed by atoms with Crippen molar-refractivity contribution in [2.45, 2.75) is 26.4 Å². The van der Waals surface area contributed by atoms with E-state index < -0.39 is 17.7 Å². The molecule has 0 saturated carbocycles. The molecule has 0 bridgehead atoms. The van der Waals surface area contributed by atoms with Gasteiger partial charge in [0.25, 0.3) is 0 Å². The van der Waals surface area contributed by atoms with Gasteiger partial charge in [0.05, 0.1) is 6.10 Å². The second kappa shape index (κ2) is 5.07. The third kappa shape index (κ3) is 2.89. The van der Waals surface area contributed by atoms with Crippen LogP contribution >= 0.6 is 0 Å². The topological polar surface area (TPSA) is 32.3 Å². The van der Waals surface area contributed by atoms with Gasteiger partial charge in [-0.05, 0) is 25.0 Å². The predicted octanol–water partition coefficient (Wildman–Crippen LogP) is 2.46. The van der Waals surface area contributed by atoms with Gasteiger partial charge >= 0.3 is 0 Å². The highest BCUT2D eigenvalue weighted by Crippen LogP contribution is 2.21. The van der Waals surface area contributed by atoms with Crippen LogP contribution in [-0.4, -0.2) is 17.8 Å². The van der Waals surface area contributed by atoms with Crippen molar-refractivity contribution in [1.82, 2.24) is 0 Å². The standard InChI is InChI=1S/C11H15F2NO/c1-3-8(15)6-14-11-9(12)5-4-7(2)10(11)13/h4-5,8,14-15H,3,6H2,1-2H3. The fraction of sp³-hybridized carbons (Fsp3) is 0.455. The maximum absolute atomic E-state index is 13.4. The Bertz CT molecular complexity index is 342. The summed E-state index contributed by atoms with van der Waals surface area (Å²) in [6, 6.07) is 2.59. The average molecular weight is 215 g/mol. The highest BCUT2D eigenvalue weighted by molar-refractivity contribution is 5.48. The van der Waals surface area contributed by atoms with Crippen LogP contribution in [0, 0.1) is 18.6 Å². The summed E-state index contributed by atoms with van der Waals surface area (Å²) in [4.78, 5) is 0. The van der Waals surface area contributed by atoms with Crippen LogP contribution in [-0.2, 0) is 0 Å². The molecule has 2 nitrogen and oxygen atoms in total. The van der Waals surface area contributed by atoms with Crippen LogP contribution in [0.3, 0.4) is 0 Å². The van der Waals surface area contributed by atoms with Gasteiger partial charge < -0.3 is 10.4 Å². The Balaban J connectivity index is 2.80. The minimum absolute atomic E-state index is 0.147. The van der Waals surface area contributed by atoms with E-state index in [9.17, 15) is 13.9 Å². The molecule has 0 heterocycles. The molecule has 0 aliphatic rings. The van der Waals surface area contributed by atoms with Crippen LogP contribution in [0.25, 0.3) is 0 Å². The maximum Gasteiger partial charge on any atom is 0.152 e. The van der Waals surface area contributed by atoms with Crippen LogP contribution in [0.1, 0.15) is 18.9 Å². The van der Waals surface area contributed by atoms with E-state index in [4.69, 9.17) is 0 Å². The summed E-state index contributed by atoms with van der Waals surface area (Å²) in [5.41, 5.74) is 0.215. The van der Waals surface area contributed by atoms with Crippen LogP contribution in [0.2, 0.25) is 0 Å². The Labute approximate surface area is 87.9 Å². The third-order valence-corrected chi connectivity index (χ3v) is 2.27. The molecule has 0 aliphatic carbocycles. The number of hydrogen-bond acceptors (Lipinski definition) is 2. The van der Waals surface area contributed by atoms with Gasteiger partial charge in [0.2, 0.25) is 0 Å². The van der Waals surface area contributed by atoms with Gasteiger partial charge in [-0.3, -0.25) is 0 Å². The van der Waals surface area contributed by atoms with Gasteiger partial charge in [0.1, 0.15) is 11.5 Å². The summed E-state index contributed by atoms with van der Waals surface area (Å²) < 4.78 is 26.6. The molecule has 0 aromatic heterocycles. The first-order valence-corrected chi connectivity index (χ1v) is 4.92. The van der Waals surface area contributed by atoms with E-state index in [1.165, 1.54) is 12.1 Å². The van der Waals surface area contributed by atoms with E-state index in [0.717, 1.165) is 0 Å². The molecular weight excluding hydrogens is 200 g/mol. The van der Waals surface area contributed by atoms with Crippen molar-refractivity contribution >= 4 is 5.69 Å². The Morgan fingerprint density at radius 2 is 2.07 bits per heavy atom. The van der Waals surface area contributed by atoms with Crippen LogP contribution in [0.15, 0.2) is 12.1 Å². The molecule has 4 heteroatoms. The van der Waals surface area contributed by atoms with E-state index in [1.807, 2.05) is 0 Å². The summed E-state index contributed by atoms with van der Waals surface area (Å²) in [5, 5.41) is 11.8. The molecule has 1 aromatic carbocycles. The summed E-state index contributed by atoms with van der Waals surface area (Å²) in [5.74, 6) is -1.24. The summed E-state index contributed by atoms with van der Waals surface area (Å²) in [6.07, 6.45) is -0.0495. The van der Waals surface area contributed by atoms with Gasteiger partial charge in [-0.1, -0.05) is 13.0 Å². The minimum Gasteiger partial charge on any atom is -0.391 e. The lowest BCUT2D eigenvalue weighted by Gasteiger charge is -2.13. The first-order valence-electron chi connectivity index (χ1n) is 4.92. The van der Waals surface area contributed by atoms with Gasteiger partial charge in [0, 0.05) is 6.54 Å². The van der Waals surface area contributed by atoms with Crippen molar-refractivity contribution in [1.29, 1.82) is 0 Å². The number of hydrogen-bond donors (Lipinski definition) is 2. The van der Waals surface area contributed by atoms with Crippen molar-refractivity contribution in [3.8, 4) is 0 Å². The maximum atomic E-state index is 13.4. The van der Waals surface area contributed by atoms with Crippen molar-refractivity contribution < 1.29 is 13.9 Å². The van der Waals surface area contributed by atoms with Gasteiger partial charge in [-0.15, -0.1) is 0 Å².